The first kappa shape index (κ1) is 28.6. The van der Waals surface area contributed by atoms with Crippen LogP contribution in [0, 0.1) is 18.8 Å². The van der Waals surface area contributed by atoms with Crippen LogP contribution in [0.3, 0.4) is 0 Å². The second kappa shape index (κ2) is 12.8. The topological polar surface area (TPSA) is 84.4 Å². The third-order valence-corrected chi connectivity index (χ3v) is 9.05. The summed E-state index contributed by atoms with van der Waals surface area (Å²) < 4.78 is 17.9. The number of carbonyl (C=O) groups is 1. The van der Waals surface area contributed by atoms with E-state index in [2.05, 4.69) is 34.9 Å². The fraction of sp³-hybridized carbons (Fsp3) is 0.471. The molecule has 3 aromatic rings. The number of carboxylic acid groups (broad SMARTS) is 1. The number of aliphatic carboxylic acids is 1. The van der Waals surface area contributed by atoms with E-state index in [9.17, 15) is 9.90 Å². The number of pyridine rings is 1. The summed E-state index contributed by atoms with van der Waals surface area (Å²) in [4.78, 5) is 21.2. The van der Waals surface area contributed by atoms with Gasteiger partial charge in [0.15, 0.2) is 0 Å². The van der Waals surface area contributed by atoms with Crippen molar-refractivity contribution in [2.75, 3.05) is 50.9 Å². The van der Waals surface area contributed by atoms with E-state index in [-0.39, 0.29) is 17.9 Å². The minimum absolute atomic E-state index is 0.0702. The van der Waals surface area contributed by atoms with Gasteiger partial charge in [-0.2, -0.15) is 0 Å². The Balaban J connectivity index is 1.13. The zero-order valence-electron chi connectivity index (χ0n) is 24.6. The van der Waals surface area contributed by atoms with Crippen molar-refractivity contribution in [2.45, 2.75) is 45.9 Å². The second-order valence-corrected chi connectivity index (χ2v) is 11.9. The maximum Gasteiger partial charge on any atom is 0.306 e. The number of fused-ring (bicyclic) bond motifs is 1. The van der Waals surface area contributed by atoms with Crippen molar-refractivity contribution in [3.8, 4) is 17.0 Å². The van der Waals surface area contributed by atoms with Crippen LogP contribution in [0.5, 0.6) is 5.75 Å². The second-order valence-electron chi connectivity index (χ2n) is 11.9. The first-order chi connectivity index (χ1) is 20.5. The van der Waals surface area contributed by atoms with Gasteiger partial charge in [-0.05, 0) is 72.2 Å². The van der Waals surface area contributed by atoms with Crippen molar-refractivity contribution in [3.63, 3.8) is 0 Å². The number of hydrogen-bond acceptors (Lipinski definition) is 7. The molecule has 222 valence electrons. The molecular weight excluding hydrogens is 530 g/mol. The molecule has 3 aliphatic rings. The number of hydrogen-bond donors (Lipinski definition) is 1. The van der Waals surface area contributed by atoms with Crippen LogP contribution >= 0.6 is 0 Å². The Kier molecular flexibility index (Phi) is 8.74. The van der Waals surface area contributed by atoms with Crippen LogP contribution < -0.4 is 9.64 Å². The lowest BCUT2D eigenvalue weighted by Gasteiger charge is -2.35. The molecule has 0 spiro atoms. The highest BCUT2D eigenvalue weighted by Gasteiger charge is 2.31. The SMILES string of the molecule is Cc1c(COc2ccccc2-c2cccc(N3CC[C@H](C(=O)O)[C@@H](C)C3)n2)ccc2c1CCN(CC1COCCO1)C2. The number of nitrogens with zero attached hydrogens (tertiary/aromatic N) is 3. The highest BCUT2D eigenvalue weighted by molar-refractivity contribution is 5.71. The van der Waals surface area contributed by atoms with Gasteiger partial charge in [0.2, 0.25) is 0 Å². The van der Waals surface area contributed by atoms with E-state index in [4.69, 9.17) is 19.2 Å². The molecule has 6 rings (SSSR count). The Morgan fingerprint density at radius 1 is 1.10 bits per heavy atom. The van der Waals surface area contributed by atoms with Gasteiger partial charge in [-0.25, -0.2) is 4.98 Å². The Bertz CT molecular complexity index is 1410. The van der Waals surface area contributed by atoms with Gasteiger partial charge in [-0.3, -0.25) is 9.69 Å². The number of benzene rings is 2. The highest BCUT2D eigenvalue weighted by Crippen LogP contribution is 2.33. The van der Waals surface area contributed by atoms with Crippen molar-refractivity contribution >= 4 is 11.8 Å². The van der Waals surface area contributed by atoms with Crippen LogP contribution in [0.4, 0.5) is 5.82 Å². The maximum atomic E-state index is 11.6. The molecule has 1 N–H and O–H groups in total. The summed E-state index contributed by atoms with van der Waals surface area (Å²) in [6, 6.07) is 18.6. The summed E-state index contributed by atoms with van der Waals surface area (Å²) >= 11 is 0. The van der Waals surface area contributed by atoms with Crippen molar-refractivity contribution in [1.29, 1.82) is 0 Å². The zero-order chi connectivity index (χ0) is 29.1. The van der Waals surface area contributed by atoms with E-state index < -0.39 is 5.97 Å². The number of ether oxygens (including phenoxy) is 3. The Morgan fingerprint density at radius 2 is 1.98 bits per heavy atom. The van der Waals surface area contributed by atoms with Gasteiger partial charge >= 0.3 is 5.97 Å². The molecule has 8 nitrogen and oxygen atoms in total. The first-order valence-corrected chi connectivity index (χ1v) is 15.1. The third kappa shape index (κ3) is 6.31. The molecule has 0 radical (unpaired) electrons. The Hall–Kier alpha value is -3.46. The van der Waals surface area contributed by atoms with Crippen molar-refractivity contribution in [3.05, 3.63) is 76.9 Å². The van der Waals surface area contributed by atoms with E-state index in [1.165, 1.54) is 22.3 Å². The lowest BCUT2D eigenvalue weighted by Crippen LogP contribution is -2.42. The van der Waals surface area contributed by atoms with Crippen LogP contribution in [0.1, 0.15) is 35.6 Å². The number of rotatable bonds is 8. The van der Waals surface area contributed by atoms with Gasteiger partial charge in [0, 0.05) is 38.3 Å². The van der Waals surface area contributed by atoms with E-state index in [0.29, 0.717) is 45.9 Å². The molecular formula is C34H41N3O5. The lowest BCUT2D eigenvalue weighted by molar-refractivity contribution is -0.144. The number of anilines is 1. The average Bonchev–Trinajstić information content (AvgIpc) is 3.01. The molecule has 0 saturated carbocycles. The predicted molar refractivity (Wildman–Crippen MR) is 162 cm³/mol. The average molecular weight is 572 g/mol. The van der Waals surface area contributed by atoms with Crippen LogP contribution in [0.25, 0.3) is 11.3 Å². The summed E-state index contributed by atoms with van der Waals surface area (Å²) in [5.74, 6) is 0.751. The standard InChI is InChI=1S/C34H41N3O5/c1-23-18-37(15-13-28(23)34(38)39)33-9-5-7-31(35-33)30-6-3-4-8-32(30)42-21-26-11-10-25-19-36(14-12-29(25)24(26)2)20-27-22-40-16-17-41-27/h3-11,23,27-28H,12-22H2,1-2H3,(H,38,39)/t23-,27?,28-/m0/s1. The van der Waals surface area contributed by atoms with Gasteiger partial charge in [0.05, 0.1) is 37.5 Å². The van der Waals surface area contributed by atoms with Gasteiger partial charge in [-0.15, -0.1) is 0 Å². The summed E-state index contributed by atoms with van der Waals surface area (Å²) in [5, 5.41) is 9.50. The lowest BCUT2D eigenvalue weighted by atomic mass is 9.87. The molecule has 8 heteroatoms. The molecule has 0 aliphatic carbocycles. The third-order valence-electron chi connectivity index (χ3n) is 9.05. The normalized spacial score (nSPS) is 22.9. The first-order valence-electron chi connectivity index (χ1n) is 15.1. The molecule has 1 unspecified atom stereocenters. The van der Waals surface area contributed by atoms with Crippen LogP contribution in [-0.4, -0.2) is 73.1 Å². The predicted octanol–water partition coefficient (Wildman–Crippen LogP) is 4.96. The van der Waals surface area contributed by atoms with Gasteiger partial charge in [-0.1, -0.05) is 37.3 Å². The molecule has 0 bridgehead atoms. The quantitative estimate of drug-likeness (QED) is 0.407. The molecule has 3 atom stereocenters. The minimum atomic E-state index is -0.702. The Morgan fingerprint density at radius 3 is 2.79 bits per heavy atom. The summed E-state index contributed by atoms with van der Waals surface area (Å²) in [5.41, 5.74) is 7.16. The van der Waals surface area contributed by atoms with Gasteiger partial charge < -0.3 is 24.2 Å². The molecule has 3 aliphatic heterocycles. The minimum Gasteiger partial charge on any atom is -0.488 e. The number of piperidine rings is 1. The largest absolute Gasteiger partial charge is 0.488 e. The molecule has 4 heterocycles. The van der Waals surface area contributed by atoms with Gasteiger partial charge in [0.25, 0.3) is 0 Å². The molecule has 0 amide bonds. The highest BCUT2D eigenvalue weighted by atomic mass is 16.6. The number of aromatic nitrogens is 1. The number of para-hydroxylation sites is 1. The molecule has 2 saturated heterocycles. The molecule has 42 heavy (non-hydrogen) atoms. The number of carboxylic acids is 1. The Labute approximate surface area is 248 Å². The fourth-order valence-electron chi connectivity index (χ4n) is 6.62. The summed E-state index contributed by atoms with van der Waals surface area (Å²) in [6.07, 6.45) is 1.82. The van der Waals surface area contributed by atoms with Crippen molar-refractivity contribution < 1.29 is 24.1 Å². The maximum absolute atomic E-state index is 11.6. The van der Waals surface area contributed by atoms with Crippen LogP contribution in [0.2, 0.25) is 0 Å². The fourth-order valence-corrected chi connectivity index (χ4v) is 6.62. The molecule has 2 fully saturated rings. The van der Waals surface area contributed by atoms with Crippen molar-refractivity contribution in [2.24, 2.45) is 11.8 Å². The van der Waals surface area contributed by atoms with E-state index in [0.717, 1.165) is 48.9 Å². The smallest absolute Gasteiger partial charge is 0.306 e. The van der Waals surface area contributed by atoms with Gasteiger partial charge in [0.1, 0.15) is 18.2 Å². The van der Waals surface area contributed by atoms with E-state index >= 15 is 0 Å². The zero-order valence-corrected chi connectivity index (χ0v) is 24.6. The molecule has 2 aromatic carbocycles. The summed E-state index contributed by atoms with van der Waals surface area (Å²) in [7, 11) is 0. The van der Waals surface area contributed by atoms with Crippen molar-refractivity contribution in [1.82, 2.24) is 9.88 Å². The summed E-state index contributed by atoms with van der Waals surface area (Å²) in [6.45, 7) is 11.0. The monoisotopic (exact) mass is 571 g/mol. The van der Waals surface area contributed by atoms with E-state index in [1.807, 2.05) is 43.3 Å². The van der Waals surface area contributed by atoms with E-state index in [1.54, 1.807) is 0 Å². The van der Waals surface area contributed by atoms with Crippen LogP contribution in [-0.2, 0) is 33.8 Å². The van der Waals surface area contributed by atoms with Crippen LogP contribution in [0.15, 0.2) is 54.6 Å². The molecule has 1 aromatic heterocycles.